The highest BCUT2D eigenvalue weighted by molar-refractivity contribution is 6.06. The summed E-state index contributed by atoms with van der Waals surface area (Å²) in [5, 5.41) is 0. The fraction of sp³-hybridized carbons (Fsp3) is 0.615. The van der Waals surface area contributed by atoms with Crippen molar-refractivity contribution in [2.24, 2.45) is 11.3 Å². The second-order valence-corrected chi connectivity index (χ2v) is 5.11. The molecule has 0 bridgehead atoms. The lowest BCUT2D eigenvalue weighted by Gasteiger charge is -2.32. The largest absolute Gasteiger partial charge is 0.380 e. The molecule has 0 N–H and O–H groups in total. The molecule has 2 nitrogen and oxygen atoms in total. The first-order valence-corrected chi connectivity index (χ1v) is 5.53. The number of hydrogen-bond acceptors (Lipinski definition) is 2. The molecular weight excluding hydrogens is 186 g/mol. The monoisotopic (exact) mass is 205 g/mol. The van der Waals surface area contributed by atoms with Crippen LogP contribution in [0.4, 0.5) is 0 Å². The zero-order valence-electron chi connectivity index (χ0n) is 10.2. The van der Waals surface area contributed by atoms with Gasteiger partial charge in [-0.25, -0.2) is 0 Å². The molecule has 0 aromatic heterocycles. The maximum absolute atomic E-state index is 11.8. The average Bonchev–Trinajstić information content (AvgIpc) is 2.82. The molecule has 15 heavy (non-hydrogen) atoms. The summed E-state index contributed by atoms with van der Waals surface area (Å²) in [5.74, 6) is 0.857. The Kier molecular flexibility index (Phi) is 2.07. The summed E-state index contributed by atoms with van der Waals surface area (Å²) in [7, 11) is 4.06. The lowest BCUT2D eigenvalue weighted by Crippen LogP contribution is -2.28. The molecule has 1 spiro atoms. The highest BCUT2D eigenvalue weighted by Gasteiger charge is 2.57. The van der Waals surface area contributed by atoms with Crippen molar-refractivity contribution in [3.63, 3.8) is 0 Å². The SMILES string of the molecule is CC1=C(C)C2(CC2C)C(N(C)C)=CC1=O. The lowest BCUT2D eigenvalue weighted by molar-refractivity contribution is -0.111. The zero-order chi connectivity index (χ0) is 11.4. The van der Waals surface area contributed by atoms with E-state index in [-0.39, 0.29) is 11.2 Å². The summed E-state index contributed by atoms with van der Waals surface area (Å²) in [6, 6.07) is 0. The molecule has 2 aliphatic rings. The second-order valence-electron chi connectivity index (χ2n) is 5.11. The van der Waals surface area contributed by atoms with Crippen LogP contribution in [0.1, 0.15) is 27.2 Å². The maximum atomic E-state index is 11.8. The van der Waals surface area contributed by atoms with Crippen molar-refractivity contribution in [3.05, 3.63) is 22.9 Å². The van der Waals surface area contributed by atoms with Crippen LogP contribution >= 0.6 is 0 Å². The zero-order valence-corrected chi connectivity index (χ0v) is 10.2. The van der Waals surface area contributed by atoms with Crippen LogP contribution in [-0.4, -0.2) is 24.8 Å². The predicted molar refractivity (Wildman–Crippen MR) is 61.4 cm³/mol. The van der Waals surface area contributed by atoms with E-state index in [1.54, 1.807) is 0 Å². The minimum atomic E-state index is 0.181. The molecular formula is C13H19NO. The van der Waals surface area contributed by atoms with E-state index in [9.17, 15) is 4.79 Å². The molecule has 0 amide bonds. The molecule has 2 heteroatoms. The highest BCUT2D eigenvalue weighted by Crippen LogP contribution is 2.64. The number of rotatable bonds is 1. The Bertz CT molecular complexity index is 389. The molecule has 0 saturated heterocycles. The number of carbonyl (C=O) groups excluding carboxylic acids is 1. The van der Waals surface area contributed by atoms with Gasteiger partial charge in [0.15, 0.2) is 5.78 Å². The third-order valence-electron chi connectivity index (χ3n) is 4.12. The van der Waals surface area contributed by atoms with Gasteiger partial charge in [-0.15, -0.1) is 0 Å². The van der Waals surface area contributed by atoms with Gasteiger partial charge in [-0.3, -0.25) is 4.79 Å². The molecule has 2 aliphatic carbocycles. The van der Waals surface area contributed by atoms with E-state index in [4.69, 9.17) is 0 Å². The van der Waals surface area contributed by atoms with Crippen LogP contribution in [0.15, 0.2) is 22.9 Å². The van der Waals surface area contributed by atoms with Crippen molar-refractivity contribution in [1.82, 2.24) is 4.90 Å². The van der Waals surface area contributed by atoms with E-state index >= 15 is 0 Å². The summed E-state index contributed by atoms with van der Waals surface area (Å²) in [4.78, 5) is 13.9. The molecule has 2 unspecified atom stereocenters. The quantitative estimate of drug-likeness (QED) is 0.655. The van der Waals surface area contributed by atoms with Gasteiger partial charge in [0.2, 0.25) is 0 Å². The van der Waals surface area contributed by atoms with Gasteiger partial charge in [0, 0.05) is 31.3 Å². The molecule has 82 valence electrons. The number of nitrogens with zero attached hydrogens (tertiary/aromatic N) is 1. The first-order chi connectivity index (χ1) is 6.91. The van der Waals surface area contributed by atoms with Gasteiger partial charge < -0.3 is 4.90 Å². The topological polar surface area (TPSA) is 20.3 Å². The summed E-state index contributed by atoms with van der Waals surface area (Å²) in [6.07, 6.45) is 3.01. The van der Waals surface area contributed by atoms with Crippen LogP contribution in [0.3, 0.4) is 0 Å². The van der Waals surface area contributed by atoms with Gasteiger partial charge in [0.25, 0.3) is 0 Å². The predicted octanol–water partition coefficient (Wildman–Crippen LogP) is 2.38. The molecule has 0 aromatic carbocycles. The summed E-state index contributed by atoms with van der Waals surface area (Å²) in [6.45, 7) is 6.34. The van der Waals surface area contributed by atoms with E-state index in [1.165, 1.54) is 17.7 Å². The molecule has 0 aromatic rings. The Morgan fingerprint density at radius 1 is 1.40 bits per heavy atom. The lowest BCUT2D eigenvalue weighted by atomic mass is 9.81. The van der Waals surface area contributed by atoms with E-state index in [2.05, 4.69) is 18.7 Å². The van der Waals surface area contributed by atoms with E-state index in [1.807, 2.05) is 27.1 Å². The first kappa shape index (κ1) is 10.5. The van der Waals surface area contributed by atoms with Gasteiger partial charge in [-0.2, -0.15) is 0 Å². The van der Waals surface area contributed by atoms with Crippen LogP contribution in [0.25, 0.3) is 0 Å². The van der Waals surface area contributed by atoms with Gasteiger partial charge >= 0.3 is 0 Å². The van der Waals surface area contributed by atoms with Crippen molar-refractivity contribution in [1.29, 1.82) is 0 Å². The van der Waals surface area contributed by atoms with Crippen molar-refractivity contribution in [2.75, 3.05) is 14.1 Å². The average molecular weight is 205 g/mol. The van der Waals surface area contributed by atoms with Gasteiger partial charge in [-0.1, -0.05) is 12.5 Å². The van der Waals surface area contributed by atoms with Crippen molar-refractivity contribution in [2.45, 2.75) is 27.2 Å². The minimum Gasteiger partial charge on any atom is -0.380 e. The normalized spacial score (nSPS) is 34.6. The number of ketones is 1. The Hall–Kier alpha value is -1.05. The summed E-state index contributed by atoms with van der Waals surface area (Å²) in [5.41, 5.74) is 3.61. The van der Waals surface area contributed by atoms with Crippen molar-refractivity contribution >= 4 is 5.78 Å². The van der Waals surface area contributed by atoms with Crippen LogP contribution in [0.5, 0.6) is 0 Å². The smallest absolute Gasteiger partial charge is 0.183 e. The van der Waals surface area contributed by atoms with Crippen molar-refractivity contribution < 1.29 is 4.79 Å². The van der Waals surface area contributed by atoms with Crippen LogP contribution < -0.4 is 0 Å². The van der Waals surface area contributed by atoms with Crippen molar-refractivity contribution in [3.8, 4) is 0 Å². The van der Waals surface area contributed by atoms with Gasteiger partial charge in [0.05, 0.1) is 0 Å². The fourth-order valence-electron chi connectivity index (χ4n) is 2.90. The van der Waals surface area contributed by atoms with Crippen LogP contribution in [0.2, 0.25) is 0 Å². The molecule has 1 fully saturated rings. The Labute approximate surface area is 91.6 Å². The minimum absolute atomic E-state index is 0.181. The molecule has 2 atom stereocenters. The van der Waals surface area contributed by atoms with E-state index < -0.39 is 0 Å². The van der Waals surface area contributed by atoms with E-state index in [0.29, 0.717) is 5.92 Å². The molecule has 0 heterocycles. The highest BCUT2D eigenvalue weighted by atomic mass is 16.1. The molecule has 1 saturated carbocycles. The number of hydrogen-bond donors (Lipinski definition) is 0. The number of allylic oxidation sites excluding steroid dienone is 3. The second kappa shape index (κ2) is 2.97. The maximum Gasteiger partial charge on any atom is 0.183 e. The molecule has 0 radical (unpaired) electrons. The Morgan fingerprint density at radius 3 is 2.33 bits per heavy atom. The third kappa shape index (κ3) is 1.20. The molecule has 2 rings (SSSR count). The molecule has 0 aliphatic heterocycles. The first-order valence-electron chi connectivity index (χ1n) is 5.53. The van der Waals surface area contributed by atoms with E-state index in [0.717, 1.165) is 5.57 Å². The van der Waals surface area contributed by atoms with Gasteiger partial charge in [-0.05, 0) is 31.8 Å². The summed E-state index contributed by atoms with van der Waals surface area (Å²) >= 11 is 0. The third-order valence-corrected chi connectivity index (χ3v) is 4.12. The standard InChI is InChI=1S/C13H19NO/c1-8-7-13(8)10(3)9(2)11(15)6-12(13)14(4)5/h6,8H,7H2,1-5H3. The van der Waals surface area contributed by atoms with Crippen LogP contribution in [0, 0.1) is 11.3 Å². The number of carbonyl (C=O) groups is 1. The van der Waals surface area contributed by atoms with Crippen LogP contribution in [-0.2, 0) is 4.79 Å². The summed E-state index contributed by atoms with van der Waals surface area (Å²) < 4.78 is 0. The Morgan fingerprint density at radius 2 is 1.93 bits per heavy atom. The van der Waals surface area contributed by atoms with Gasteiger partial charge in [0.1, 0.15) is 0 Å². The Balaban J connectivity index is 2.51. The fourth-order valence-corrected chi connectivity index (χ4v) is 2.90.